The predicted molar refractivity (Wildman–Crippen MR) is 206 cm³/mol. The summed E-state index contributed by atoms with van der Waals surface area (Å²) >= 11 is 0. The SMILES string of the molecule is C=CC[C@@H]1[C@@H]2C(=O)C(=C[C@H]1CCCCCCOCc1ccccc1)[C@]1(CC(=O)OC1S(=O)c1ccccc1)Cc1c2coc1[Si](C)(C)C(C)(C)C. The van der Waals surface area contributed by atoms with Crippen LogP contribution < -0.4 is 5.38 Å². The molecule has 51 heavy (non-hydrogen) atoms. The third-order valence-electron chi connectivity index (χ3n) is 12.1. The number of allylic oxidation sites excluding steroid dienone is 2. The topological polar surface area (TPSA) is 82.8 Å². The van der Waals surface area contributed by atoms with Gasteiger partial charge >= 0.3 is 5.97 Å². The van der Waals surface area contributed by atoms with Crippen molar-refractivity contribution in [1.29, 1.82) is 0 Å². The molecule has 3 aliphatic rings. The van der Waals surface area contributed by atoms with Crippen LogP contribution in [0.15, 0.2) is 101 Å². The van der Waals surface area contributed by atoms with Crippen LogP contribution in [0.3, 0.4) is 0 Å². The second-order valence-electron chi connectivity index (χ2n) is 16.3. The number of ketones is 1. The van der Waals surface area contributed by atoms with E-state index in [1.54, 1.807) is 0 Å². The summed E-state index contributed by atoms with van der Waals surface area (Å²) in [6.45, 7) is 16.9. The predicted octanol–water partition coefficient (Wildman–Crippen LogP) is 9.19. The van der Waals surface area contributed by atoms with Crippen molar-refractivity contribution in [3.8, 4) is 0 Å². The van der Waals surface area contributed by atoms with Crippen LogP contribution in [0.5, 0.6) is 0 Å². The zero-order valence-corrected chi connectivity index (χ0v) is 32.8. The number of esters is 1. The standard InChI is InChI=1S/C43H54O6SSi/c1-7-18-33-31(21-14-8-9-17-24-47-28-30-19-12-10-13-20-30)25-36-39(45)38(33)35-29-48-40(51(5,6)42(2,3)4)34(35)26-43(36)27-37(44)49-41(43)50(46)32-22-15-11-16-23-32/h7,10-13,15-16,19-20,22-23,25,29,31,33,38,41H,1,8-9,14,17-18,21,24,26-28H2,2-6H3/t31-,33+,38+,41?,43-,50?/m1/s1. The van der Waals surface area contributed by atoms with Gasteiger partial charge in [0.15, 0.2) is 11.2 Å². The minimum absolute atomic E-state index is 0.0165. The Labute approximate surface area is 307 Å². The number of ether oxygens (including phenoxy) is 2. The summed E-state index contributed by atoms with van der Waals surface area (Å²) in [5.74, 6) is -0.705. The third kappa shape index (κ3) is 7.33. The molecule has 1 saturated heterocycles. The van der Waals surface area contributed by atoms with E-state index in [0.29, 0.717) is 29.9 Å². The number of benzene rings is 2. The summed E-state index contributed by atoms with van der Waals surface area (Å²) in [4.78, 5) is 29.1. The molecule has 2 aliphatic carbocycles. The summed E-state index contributed by atoms with van der Waals surface area (Å²) < 4.78 is 33.0. The summed E-state index contributed by atoms with van der Waals surface area (Å²) in [6.07, 6.45) is 12.1. The van der Waals surface area contributed by atoms with Crippen molar-refractivity contribution in [3.63, 3.8) is 0 Å². The van der Waals surface area contributed by atoms with Crippen LogP contribution >= 0.6 is 0 Å². The van der Waals surface area contributed by atoms with Gasteiger partial charge in [-0.2, -0.15) is 0 Å². The molecule has 0 saturated carbocycles. The van der Waals surface area contributed by atoms with Gasteiger partial charge in [-0.05, 0) is 65.8 Å². The van der Waals surface area contributed by atoms with E-state index >= 15 is 4.79 Å². The number of carbonyl (C=O) groups is 2. The van der Waals surface area contributed by atoms with Gasteiger partial charge in [0.25, 0.3) is 0 Å². The number of unbranched alkanes of at least 4 members (excludes halogenated alkanes) is 3. The minimum Gasteiger partial charge on any atom is -0.474 e. The van der Waals surface area contributed by atoms with E-state index in [1.165, 1.54) is 5.56 Å². The molecular weight excluding hydrogens is 673 g/mol. The van der Waals surface area contributed by atoms with E-state index in [4.69, 9.17) is 13.9 Å². The highest BCUT2D eigenvalue weighted by Gasteiger charge is 2.62. The van der Waals surface area contributed by atoms with Gasteiger partial charge in [0.05, 0.1) is 46.8 Å². The number of hydrogen-bond acceptors (Lipinski definition) is 6. The second-order valence-corrected chi connectivity index (χ2v) is 23.0. The van der Waals surface area contributed by atoms with Crippen LogP contribution in [-0.2, 0) is 42.9 Å². The molecule has 0 N–H and O–H groups in total. The summed E-state index contributed by atoms with van der Waals surface area (Å²) in [7, 11) is -3.93. The Morgan fingerprint density at radius 3 is 2.35 bits per heavy atom. The summed E-state index contributed by atoms with van der Waals surface area (Å²) in [6, 6.07) is 19.4. The fourth-order valence-electron chi connectivity index (χ4n) is 8.34. The summed E-state index contributed by atoms with van der Waals surface area (Å²) in [5, 5.41) is 0.942. The highest BCUT2D eigenvalue weighted by Crippen LogP contribution is 2.57. The molecule has 0 radical (unpaired) electrons. The van der Waals surface area contributed by atoms with E-state index in [-0.39, 0.29) is 29.1 Å². The molecule has 0 amide bonds. The van der Waals surface area contributed by atoms with E-state index in [0.717, 1.165) is 55.2 Å². The van der Waals surface area contributed by atoms with Crippen molar-refractivity contribution >= 4 is 36.0 Å². The lowest BCUT2D eigenvalue weighted by atomic mass is 9.63. The van der Waals surface area contributed by atoms with Gasteiger partial charge in [-0.15, -0.1) is 6.58 Å². The number of fused-ring (bicyclic) bond motifs is 5. The van der Waals surface area contributed by atoms with Crippen molar-refractivity contribution in [2.24, 2.45) is 17.3 Å². The summed E-state index contributed by atoms with van der Waals surface area (Å²) in [5.41, 5.74) is 1.74. The highest BCUT2D eigenvalue weighted by atomic mass is 32.2. The van der Waals surface area contributed by atoms with E-state index < -0.39 is 41.6 Å². The fourth-order valence-corrected chi connectivity index (χ4v) is 11.9. The molecule has 1 spiro atoms. The number of Topliss-reactive ketones (excluding diaryl/α,β-unsaturated/α-hetero) is 1. The maximum Gasteiger partial charge on any atom is 0.308 e. The van der Waals surface area contributed by atoms with Crippen LogP contribution in [0.1, 0.15) is 88.3 Å². The smallest absolute Gasteiger partial charge is 0.308 e. The average molecular weight is 727 g/mol. The maximum absolute atomic E-state index is 15.0. The zero-order chi connectivity index (χ0) is 36.4. The van der Waals surface area contributed by atoms with Crippen LogP contribution in [-0.4, -0.2) is 36.1 Å². The van der Waals surface area contributed by atoms with Crippen molar-refractivity contribution in [2.75, 3.05) is 6.61 Å². The molecule has 2 heterocycles. The van der Waals surface area contributed by atoms with Crippen LogP contribution in [0.2, 0.25) is 18.1 Å². The lowest BCUT2D eigenvalue weighted by Crippen LogP contribution is -2.51. The third-order valence-corrected chi connectivity index (χ3v) is 19.1. The Morgan fingerprint density at radius 1 is 0.980 bits per heavy atom. The van der Waals surface area contributed by atoms with Crippen LogP contribution in [0.25, 0.3) is 0 Å². The molecule has 3 aromatic rings. The van der Waals surface area contributed by atoms with E-state index in [9.17, 15) is 9.00 Å². The zero-order valence-electron chi connectivity index (χ0n) is 31.0. The Bertz CT molecular complexity index is 1770. The lowest BCUT2D eigenvalue weighted by molar-refractivity contribution is -0.139. The average Bonchev–Trinajstić information content (AvgIpc) is 3.66. The lowest BCUT2D eigenvalue weighted by Gasteiger charge is -2.40. The highest BCUT2D eigenvalue weighted by molar-refractivity contribution is 7.85. The van der Waals surface area contributed by atoms with Gasteiger partial charge in [-0.1, -0.05) is 114 Å². The van der Waals surface area contributed by atoms with Gasteiger partial charge in [0, 0.05) is 22.6 Å². The monoisotopic (exact) mass is 726 g/mol. The van der Waals surface area contributed by atoms with Gasteiger partial charge < -0.3 is 13.9 Å². The molecule has 2 aromatic carbocycles. The second kappa shape index (κ2) is 15.3. The molecule has 6 rings (SSSR count). The first kappa shape index (κ1) is 37.4. The quantitative estimate of drug-likeness (QED) is 0.0713. The van der Waals surface area contributed by atoms with Gasteiger partial charge in [0.2, 0.25) is 0 Å². The molecule has 1 fully saturated rings. The van der Waals surface area contributed by atoms with Crippen molar-refractivity contribution < 1.29 is 27.7 Å². The largest absolute Gasteiger partial charge is 0.474 e. The number of cyclic esters (lactones) is 1. The van der Waals surface area contributed by atoms with Crippen LogP contribution in [0, 0.1) is 17.3 Å². The van der Waals surface area contributed by atoms with E-state index in [1.807, 2.05) is 60.9 Å². The number of carbonyl (C=O) groups excluding carboxylic acids is 2. The van der Waals surface area contributed by atoms with Crippen molar-refractivity contribution in [1.82, 2.24) is 0 Å². The first-order chi connectivity index (χ1) is 24.4. The molecular formula is C43H54O6SSi. The Kier molecular flexibility index (Phi) is 11.3. The van der Waals surface area contributed by atoms with Crippen molar-refractivity contribution in [2.45, 2.75) is 113 Å². The van der Waals surface area contributed by atoms with Gasteiger partial charge in [-0.25, -0.2) is 0 Å². The normalized spacial score (nSPS) is 25.2. The maximum atomic E-state index is 15.0. The molecule has 1 aliphatic heterocycles. The molecule has 8 heteroatoms. The fraction of sp³-hybridized carbons (Fsp3) is 0.488. The van der Waals surface area contributed by atoms with Crippen molar-refractivity contribution in [3.05, 3.63) is 108 Å². The van der Waals surface area contributed by atoms with Gasteiger partial charge in [-0.3, -0.25) is 13.8 Å². The molecule has 272 valence electrons. The number of furan rings is 1. The molecule has 2 unspecified atom stereocenters. The first-order valence-corrected chi connectivity index (χ1v) is 22.9. The molecule has 2 bridgehead atoms. The minimum atomic E-state index is -2.24. The molecule has 6 atom stereocenters. The Morgan fingerprint density at radius 2 is 1.67 bits per heavy atom. The first-order valence-electron chi connectivity index (χ1n) is 18.6. The van der Waals surface area contributed by atoms with E-state index in [2.05, 4.69) is 58.7 Å². The Balaban J connectivity index is 1.34. The molecule has 6 nitrogen and oxygen atoms in total. The molecule has 1 aromatic heterocycles. The van der Waals surface area contributed by atoms with Gasteiger partial charge in [0.1, 0.15) is 8.07 Å². The van der Waals surface area contributed by atoms with Crippen LogP contribution in [0.4, 0.5) is 0 Å². The Hall–Kier alpha value is -3.33. The number of hydrogen-bond donors (Lipinski definition) is 0. The number of rotatable bonds is 14.